The van der Waals surface area contributed by atoms with Gasteiger partial charge in [-0.3, -0.25) is 0 Å². The molecule has 0 aliphatic heterocycles. The Hall–Kier alpha value is -1.71. The second-order valence-electron chi connectivity index (χ2n) is 2.72. The first-order chi connectivity index (χ1) is 6.68. The lowest BCUT2D eigenvalue weighted by molar-refractivity contribution is 0.404. The average molecular weight is 198 g/mol. The quantitative estimate of drug-likeness (QED) is 0.675. The van der Waals surface area contributed by atoms with Crippen LogP contribution in [0.2, 0.25) is 0 Å². The summed E-state index contributed by atoms with van der Waals surface area (Å²) in [6.07, 6.45) is -2.37. The van der Waals surface area contributed by atoms with Crippen molar-refractivity contribution in [3.8, 4) is 0 Å². The van der Waals surface area contributed by atoms with E-state index >= 15 is 0 Å². The highest BCUT2D eigenvalue weighted by atomic mass is 19.3. The lowest BCUT2D eigenvalue weighted by Gasteiger charge is -1.87. The smallest absolute Gasteiger partial charge is 0.309 e. The fourth-order valence-electron chi connectivity index (χ4n) is 1.18. The van der Waals surface area contributed by atoms with Gasteiger partial charge in [-0.2, -0.15) is 13.2 Å². The maximum atomic E-state index is 12.7. The molecule has 2 aromatic rings. The van der Waals surface area contributed by atoms with Gasteiger partial charge in [0.2, 0.25) is 5.83 Å². The molecule has 0 spiro atoms. The molecule has 14 heavy (non-hydrogen) atoms. The molecular formula is C10H5F3O. The Morgan fingerprint density at radius 1 is 1.07 bits per heavy atom. The standard InChI is InChI=1S/C10H5F3O/c11-9(10(12)13)8-5-6-3-1-2-4-7(6)14-8/h1-5H. The summed E-state index contributed by atoms with van der Waals surface area (Å²) >= 11 is 0. The zero-order chi connectivity index (χ0) is 10.1. The molecule has 72 valence electrons. The first-order valence-corrected chi connectivity index (χ1v) is 3.88. The summed E-state index contributed by atoms with van der Waals surface area (Å²) in [6.45, 7) is 0. The molecule has 0 aliphatic rings. The summed E-state index contributed by atoms with van der Waals surface area (Å²) in [5.74, 6) is -2.05. The monoisotopic (exact) mass is 198 g/mol. The highest BCUT2D eigenvalue weighted by Crippen LogP contribution is 2.28. The topological polar surface area (TPSA) is 13.1 Å². The summed E-state index contributed by atoms with van der Waals surface area (Å²) in [5, 5.41) is 0.596. The van der Waals surface area contributed by atoms with Gasteiger partial charge in [0.1, 0.15) is 5.58 Å². The molecule has 0 fully saturated rings. The molecule has 0 atom stereocenters. The van der Waals surface area contributed by atoms with E-state index in [9.17, 15) is 13.2 Å². The van der Waals surface area contributed by atoms with Crippen LogP contribution in [0.5, 0.6) is 0 Å². The molecule has 0 amide bonds. The molecule has 4 heteroatoms. The number of rotatable bonds is 1. The Morgan fingerprint density at radius 2 is 1.79 bits per heavy atom. The minimum absolute atomic E-state index is 0.388. The third-order valence-electron chi connectivity index (χ3n) is 1.81. The molecule has 0 bridgehead atoms. The summed E-state index contributed by atoms with van der Waals surface area (Å²) in [5.41, 5.74) is 0.388. The Labute approximate surface area is 77.4 Å². The van der Waals surface area contributed by atoms with Gasteiger partial charge < -0.3 is 4.42 Å². The Morgan fingerprint density at radius 3 is 2.43 bits per heavy atom. The van der Waals surface area contributed by atoms with Crippen LogP contribution in [0, 0.1) is 0 Å². The number of hydrogen-bond acceptors (Lipinski definition) is 1. The minimum Gasteiger partial charge on any atom is -0.453 e. The van der Waals surface area contributed by atoms with Crippen LogP contribution in [-0.2, 0) is 0 Å². The molecule has 2 rings (SSSR count). The van der Waals surface area contributed by atoms with Crippen molar-refractivity contribution in [3.05, 3.63) is 42.2 Å². The third kappa shape index (κ3) is 1.39. The van der Waals surface area contributed by atoms with E-state index in [1.807, 2.05) is 0 Å². The van der Waals surface area contributed by atoms with Crippen molar-refractivity contribution in [2.45, 2.75) is 0 Å². The van der Waals surface area contributed by atoms with Crippen LogP contribution in [0.15, 0.2) is 40.8 Å². The van der Waals surface area contributed by atoms with Gasteiger partial charge in [-0.1, -0.05) is 18.2 Å². The van der Waals surface area contributed by atoms with E-state index in [1.54, 1.807) is 24.3 Å². The lowest BCUT2D eigenvalue weighted by atomic mass is 10.2. The van der Waals surface area contributed by atoms with Gasteiger partial charge in [-0.25, -0.2) is 0 Å². The van der Waals surface area contributed by atoms with Gasteiger partial charge in [-0.15, -0.1) is 0 Å². The van der Waals surface area contributed by atoms with Gasteiger partial charge in [0.05, 0.1) is 0 Å². The van der Waals surface area contributed by atoms with Gasteiger partial charge in [-0.05, 0) is 12.1 Å². The zero-order valence-electron chi connectivity index (χ0n) is 6.93. The summed E-state index contributed by atoms with van der Waals surface area (Å²) in [6, 6.07) is 7.88. The molecule has 0 saturated heterocycles. The van der Waals surface area contributed by atoms with Crippen molar-refractivity contribution in [1.29, 1.82) is 0 Å². The van der Waals surface area contributed by atoms with Gasteiger partial charge in [0.15, 0.2) is 5.76 Å². The fraction of sp³-hybridized carbons (Fsp3) is 0. The third-order valence-corrected chi connectivity index (χ3v) is 1.81. The van der Waals surface area contributed by atoms with Gasteiger partial charge in [0, 0.05) is 5.39 Å². The van der Waals surface area contributed by atoms with E-state index in [2.05, 4.69) is 0 Å². The molecule has 1 nitrogen and oxygen atoms in total. The summed E-state index contributed by atoms with van der Waals surface area (Å²) < 4.78 is 41.4. The average Bonchev–Trinajstić information content (AvgIpc) is 2.59. The van der Waals surface area contributed by atoms with Crippen LogP contribution >= 0.6 is 0 Å². The van der Waals surface area contributed by atoms with Crippen molar-refractivity contribution in [2.75, 3.05) is 0 Å². The predicted octanol–water partition coefficient (Wildman–Crippen LogP) is 3.97. The molecular weight excluding hydrogens is 193 g/mol. The van der Waals surface area contributed by atoms with E-state index in [0.717, 1.165) is 0 Å². The lowest BCUT2D eigenvalue weighted by Crippen LogP contribution is -1.72. The fourth-order valence-corrected chi connectivity index (χ4v) is 1.18. The molecule has 0 aliphatic carbocycles. The van der Waals surface area contributed by atoms with E-state index in [0.29, 0.717) is 11.0 Å². The van der Waals surface area contributed by atoms with E-state index in [-0.39, 0.29) is 0 Å². The number of benzene rings is 1. The predicted molar refractivity (Wildman–Crippen MR) is 46.5 cm³/mol. The van der Waals surface area contributed by atoms with Crippen molar-refractivity contribution < 1.29 is 17.6 Å². The zero-order valence-corrected chi connectivity index (χ0v) is 6.93. The molecule has 0 radical (unpaired) electrons. The van der Waals surface area contributed by atoms with E-state index < -0.39 is 17.7 Å². The second kappa shape index (κ2) is 3.21. The van der Waals surface area contributed by atoms with Crippen LogP contribution in [0.4, 0.5) is 13.2 Å². The highest BCUT2D eigenvalue weighted by molar-refractivity contribution is 5.80. The number of hydrogen-bond donors (Lipinski definition) is 0. The maximum absolute atomic E-state index is 12.7. The van der Waals surface area contributed by atoms with Crippen LogP contribution in [0.3, 0.4) is 0 Å². The highest BCUT2D eigenvalue weighted by Gasteiger charge is 2.13. The summed E-state index contributed by atoms with van der Waals surface area (Å²) in [4.78, 5) is 0. The first kappa shape index (κ1) is 8.87. The van der Waals surface area contributed by atoms with Crippen LogP contribution in [0.25, 0.3) is 16.8 Å². The normalized spacial score (nSPS) is 10.5. The maximum Gasteiger partial charge on any atom is 0.309 e. The van der Waals surface area contributed by atoms with Crippen molar-refractivity contribution >= 4 is 16.8 Å². The number of furan rings is 1. The molecule has 1 aromatic carbocycles. The Bertz CT molecular complexity index is 462. The molecule has 1 aromatic heterocycles. The Kier molecular flexibility index (Phi) is 2.04. The Balaban J connectivity index is 2.61. The van der Waals surface area contributed by atoms with Crippen molar-refractivity contribution in [1.82, 2.24) is 0 Å². The van der Waals surface area contributed by atoms with E-state index in [4.69, 9.17) is 4.42 Å². The minimum atomic E-state index is -2.37. The largest absolute Gasteiger partial charge is 0.453 e. The number of halogens is 3. The second-order valence-corrected chi connectivity index (χ2v) is 2.72. The van der Waals surface area contributed by atoms with Crippen LogP contribution < -0.4 is 0 Å². The molecule has 0 N–H and O–H groups in total. The first-order valence-electron chi connectivity index (χ1n) is 3.88. The van der Waals surface area contributed by atoms with Crippen molar-refractivity contribution in [3.63, 3.8) is 0 Å². The number of para-hydroxylation sites is 1. The summed E-state index contributed by atoms with van der Waals surface area (Å²) in [7, 11) is 0. The van der Waals surface area contributed by atoms with Gasteiger partial charge >= 0.3 is 6.08 Å². The SMILES string of the molecule is FC(F)=C(F)c1cc2ccccc2o1. The van der Waals surface area contributed by atoms with Gasteiger partial charge in [0.25, 0.3) is 0 Å². The van der Waals surface area contributed by atoms with Crippen molar-refractivity contribution in [2.24, 2.45) is 0 Å². The van der Waals surface area contributed by atoms with E-state index in [1.165, 1.54) is 6.07 Å². The van der Waals surface area contributed by atoms with Crippen LogP contribution in [0.1, 0.15) is 5.76 Å². The molecule has 1 heterocycles. The van der Waals surface area contributed by atoms with Crippen LogP contribution in [-0.4, -0.2) is 0 Å². The number of fused-ring (bicyclic) bond motifs is 1. The molecule has 0 saturated carbocycles. The molecule has 0 unspecified atom stereocenters.